The van der Waals surface area contributed by atoms with Crippen molar-refractivity contribution in [2.75, 3.05) is 13.1 Å². The normalized spacial score (nSPS) is 14.9. The number of aryl methyl sites for hydroxylation is 1. The Balaban J connectivity index is 1.26. The second-order valence-electron chi connectivity index (χ2n) is 7.99. The van der Waals surface area contributed by atoms with Crippen LogP contribution in [-0.2, 0) is 11.3 Å². The number of likely N-dealkylation sites (tertiary alicyclic amines) is 1. The zero-order chi connectivity index (χ0) is 21.8. The summed E-state index contributed by atoms with van der Waals surface area (Å²) in [5, 5.41) is 6.13. The van der Waals surface area contributed by atoms with Gasteiger partial charge >= 0.3 is 0 Å². The smallest absolute Gasteiger partial charge is 0.250 e. The van der Waals surface area contributed by atoms with Crippen LogP contribution < -0.4 is 0 Å². The van der Waals surface area contributed by atoms with Gasteiger partial charge in [0.25, 0.3) is 5.89 Å². The van der Waals surface area contributed by atoms with Crippen LogP contribution in [-0.4, -0.2) is 43.6 Å². The highest BCUT2D eigenvalue weighted by molar-refractivity contribution is 7.10. The molecule has 32 heavy (non-hydrogen) atoms. The van der Waals surface area contributed by atoms with Crippen molar-refractivity contribution in [3.63, 3.8) is 0 Å². The van der Waals surface area contributed by atoms with Gasteiger partial charge < -0.3 is 14.0 Å². The summed E-state index contributed by atoms with van der Waals surface area (Å²) in [6.45, 7) is 2.41. The second kappa shape index (κ2) is 9.48. The van der Waals surface area contributed by atoms with Crippen LogP contribution in [0.1, 0.15) is 42.9 Å². The van der Waals surface area contributed by atoms with Crippen molar-refractivity contribution in [2.24, 2.45) is 0 Å². The number of nitrogens with zero attached hydrogens (tertiary/aromatic N) is 5. The summed E-state index contributed by atoms with van der Waals surface area (Å²) >= 11 is 1.65. The predicted octanol–water partition coefficient (Wildman–Crippen LogP) is 5.11. The topological polar surface area (TPSA) is 77.0 Å². The van der Waals surface area contributed by atoms with Crippen molar-refractivity contribution < 1.29 is 9.32 Å². The minimum absolute atomic E-state index is 0.236. The lowest BCUT2D eigenvalue weighted by Crippen LogP contribution is -2.32. The number of thiophene rings is 1. The third-order valence-corrected chi connectivity index (χ3v) is 6.62. The van der Waals surface area contributed by atoms with Crippen LogP contribution in [0, 0.1) is 0 Å². The van der Waals surface area contributed by atoms with Gasteiger partial charge in [-0.2, -0.15) is 4.98 Å². The van der Waals surface area contributed by atoms with E-state index in [4.69, 9.17) is 4.52 Å². The highest BCUT2D eigenvalue weighted by Crippen LogP contribution is 2.23. The SMILES string of the molecule is O=C(CCn1cnc2cc(-c3noc(/C=C/c4cccs4)n3)ccc21)N1CCCCCC1. The average Bonchev–Trinajstić information content (AvgIpc) is 3.54. The van der Waals surface area contributed by atoms with Crippen LogP contribution >= 0.6 is 11.3 Å². The molecule has 1 amide bonds. The van der Waals surface area contributed by atoms with Gasteiger partial charge in [0, 0.05) is 42.6 Å². The first kappa shape index (κ1) is 20.6. The summed E-state index contributed by atoms with van der Waals surface area (Å²) in [5.74, 6) is 1.23. The monoisotopic (exact) mass is 447 g/mol. The fourth-order valence-electron chi connectivity index (χ4n) is 4.04. The van der Waals surface area contributed by atoms with Gasteiger partial charge in [0.05, 0.1) is 17.4 Å². The molecule has 0 aliphatic carbocycles. The largest absolute Gasteiger partial charge is 0.343 e. The van der Waals surface area contributed by atoms with E-state index in [2.05, 4.69) is 15.1 Å². The maximum Gasteiger partial charge on any atom is 0.250 e. The van der Waals surface area contributed by atoms with Gasteiger partial charge in [-0.3, -0.25) is 4.79 Å². The lowest BCUT2D eigenvalue weighted by molar-refractivity contribution is -0.131. The molecule has 0 bridgehead atoms. The molecule has 0 saturated carbocycles. The van der Waals surface area contributed by atoms with Crippen molar-refractivity contribution in [2.45, 2.75) is 38.6 Å². The summed E-state index contributed by atoms with van der Waals surface area (Å²) in [6, 6.07) is 9.97. The Morgan fingerprint density at radius 3 is 2.81 bits per heavy atom. The van der Waals surface area contributed by atoms with Gasteiger partial charge in [-0.15, -0.1) is 11.3 Å². The third-order valence-electron chi connectivity index (χ3n) is 5.78. The zero-order valence-corrected chi connectivity index (χ0v) is 18.6. The number of aromatic nitrogens is 4. The fraction of sp³-hybridized carbons (Fsp3) is 0.333. The van der Waals surface area contributed by atoms with Gasteiger partial charge in [0.2, 0.25) is 11.7 Å². The zero-order valence-electron chi connectivity index (χ0n) is 17.8. The first-order chi connectivity index (χ1) is 15.8. The Kier molecular flexibility index (Phi) is 6.11. The molecule has 164 valence electrons. The van der Waals surface area contributed by atoms with Crippen LogP contribution in [0.5, 0.6) is 0 Å². The average molecular weight is 448 g/mol. The fourth-order valence-corrected chi connectivity index (χ4v) is 4.65. The summed E-state index contributed by atoms with van der Waals surface area (Å²) in [7, 11) is 0. The highest BCUT2D eigenvalue weighted by Gasteiger charge is 2.16. The summed E-state index contributed by atoms with van der Waals surface area (Å²) < 4.78 is 7.40. The van der Waals surface area contributed by atoms with Crippen LogP contribution in [0.25, 0.3) is 34.6 Å². The number of amides is 1. The molecule has 1 aliphatic heterocycles. The van der Waals surface area contributed by atoms with Gasteiger partial charge in [-0.25, -0.2) is 4.98 Å². The molecular weight excluding hydrogens is 422 g/mol. The Bertz CT molecular complexity index is 1220. The van der Waals surface area contributed by atoms with Crippen molar-refractivity contribution in [3.05, 3.63) is 52.8 Å². The molecule has 0 N–H and O–H groups in total. The molecule has 1 fully saturated rings. The molecule has 0 spiro atoms. The minimum Gasteiger partial charge on any atom is -0.343 e. The number of carbonyl (C=O) groups is 1. The Hall–Kier alpha value is -3.26. The van der Waals surface area contributed by atoms with Crippen molar-refractivity contribution in [3.8, 4) is 11.4 Å². The number of benzene rings is 1. The molecule has 0 radical (unpaired) electrons. The maximum atomic E-state index is 12.6. The summed E-state index contributed by atoms with van der Waals surface area (Å²) in [4.78, 5) is 24.8. The van der Waals surface area contributed by atoms with Gasteiger partial charge in [-0.1, -0.05) is 24.1 Å². The molecule has 7 nitrogen and oxygen atoms in total. The van der Waals surface area contributed by atoms with Gasteiger partial charge in [-0.05, 0) is 48.6 Å². The second-order valence-corrected chi connectivity index (χ2v) is 8.97. The number of hydrogen-bond acceptors (Lipinski definition) is 6. The van der Waals surface area contributed by atoms with E-state index in [1.54, 1.807) is 17.7 Å². The molecule has 4 aromatic rings. The van der Waals surface area contributed by atoms with Gasteiger partial charge in [0.15, 0.2) is 0 Å². The number of rotatable bonds is 6. The van der Waals surface area contributed by atoms with E-state index in [0.29, 0.717) is 24.7 Å². The van der Waals surface area contributed by atoms with Crippen LogP contribution in [0.2, 0.25) is 0 Å². The van der Waals surface area contributed by atoms with Crippen LogP contribution in [0.4, 0.5) is 0 Å². The first-order valence-corrected chi connectivity index (χ1v) is 11.9. The van der Waals surface area contributed by atoms with E-state index in [1.807, 2.05) is 57.3 Å². The molecule has 4 heterocycles. The number of fused-ring (bicyclic) bond motifs is 1. The van der Waals surface area contributed by atoms with E-state index in [9.17, 15) is 4.79 Å². The van der Waals surface area contributed by atoms with Crippen molar-refractivity contribution in [1.82, 2.24) is 24.6 Å². The van der Waals surface area contributed by atoms with Crippen molar-refractivity contribution in [1.29, 1.82) is 0 Å². The molecule has 0 unspecified atom stereocenters. The summed E-state index contributed by atoms with van der Waals surface area (Å²) in [6.07, 6.45) is 10.8. The van der Waals surface area contributed by atoms with E-state index in [-0.39, 0.29) is 5.91 Å². The molecule has 5 rings (SSSR count). The molecule has 0 atom stereocenters. The van der Waals surface area contributed by atoms with Crippen molar-refractivity contribution >= 4 is 40.4 Å². The molecule has 1 aromatic carbocycles. The molecule has 3 aromatic heterocycles. The van der Waals surface area contributed by atoms with Crippen LogP contribution in [0.15, 0.2) is 46.6 Å². The minimum atomic E-state index is 0.236. The highest BCUT2D eigenvalue weighted by atomic mass is 32.1. The standard InChI is InChI=1S/C24H25N5O2S/c30-23(28-12-3-1-2-4-13-28)11-14-29-17-25-20-16-18(7-9-21(20)29)24-26-22(31-27-24)10-8-19-6-5-15-32-19/h5-10,15-17H,1-4,11-14H2/b10-8+. The third kappa shape index (κ3) is 4.65. The molecule has 1 saturated heterocycles. The maximum absolute atomic E-state index is 12.6. The Morgan fingerprint density at radius 2 is 2.00 bits per heavy atom. The van der Waals surface area contributed by atoms with Crippen LogP contribution in [0.3, 0.4) is 0 Å². The van der Waals surface area contributed by atoms with Gasteiger partial charge in [0.1, 0.15) is 0 Å². The predicted molar refractivity (Wildman–Crippen MR) is 126 cm³/mol. The van der Waals surface area contributed by atoms with E-state index in [1.165, 1.54) is 12.8 Å². The molecule has 8 heteroatoms. The lowest BCUT2D eigenvalue weighted by atomic mass is 10.2. The summed E-state index contributed by atoms with van der Waals surface area (Å²) in [5.41, 5.74) is 2.70. The van der Waals surface area contributed by atoms with E-state index < -0.39 is 0 Å². The van der Waals surface area contributed by atoms with E-state index >= 15 is 0 Å². The number of hydrogen-bond donors (Lipinski definition) is 0. The lowest BCUT2D eigenvalue weighted by Gasteiger charge is -2.20. The molecular formula is C24H25N5O2S. The molecule has 1 aliphatic rings. The number of imidazole rings is 1. The van der Waals surface area contributed by atoms with E-state index in [0.717, 1.165) is 47.4 Å². The Labute approximate surface area is 190 Å². The Morgan fingerprint density at radius 1 is 1.12 bits per heavy atom. The first-order valence-electron chi connectivity index (χ1n) is 11.0. The quantitative estimate of drug-likeness (QED) is 0.410. The number of carbonyl (C=O) groups excluding carboxylic acids is 1.